The molecule has 2 aromatic carbocycles. The first-order valence-electron chi connectivity index (χ1n) is 7.38. The zero-order valence-corrected chi connectivity index (χ0v) is 13.4. The highest BCUT2D eigenvalue weighted by Gasteiger charge is 2.14. The molecule has 8 heteroatoms. The first-order valence-corrected chi connectivity index (χ1v) is 7.38. The van der Waals surface area contributed by atoms with Gasteiger partial charge in [-0.25, -0.2) is 4.39 Å². The number of halogens is 1. The summed E-state index contributed by atoms with van der Waals surface area (Å²) < 4.78 is 12.8. The average Bonchev–Trinajstić information content (AvgIpc) is 2.57. The first-order chi connectivity index (χ1) is 11.8. The SMILES string of the molecule is CN(CC(=O)Nc1ccc(F)cc1)C(=O)Cc1ccc([N+](=O)[O-])cc1. The molecule has 0 radical (unpaired) electrons. The quantitative estimate of drug-likeness (QED) is 0.642. The van der Waals surface area contributed by atoms with Crippen molar-refractivity contribution in [2.75, 3.05) is 18.9 Å². The number of hydrogen-bond acceptors (Lipinski definition) is 4. The Kier molecular flexibility index (Phi) is 5.78. The van der Waals surface area contributed by atoms with Crippen molar-refractivity contribution in [2.24, 2.45) is 0 Å². The summed E-state index contributed by atoms with van der Waals surface area (Å²) in [6.45, 7) is -0.164. The normalized spacial score (nSPS) is 10.2. The number of nitrogens with one attached hydrogen (secondary N) is 1. The lowest BCUT2D eigenvalue weighted by Gasteiger charge is -2.17. The third kappa shape index (κ3) is 5.38. The number of anilines is 1. The number of benzene rings is 2. The fraction of sp³-hybridized carbons (Fsp3) is 0.176. The maximum atomic E-state index is 12.8. The summed E-state index contributed by atoms with van der Waals surface area (Å²) in [6.07, 6.45) is 0.0261. The number of nitro benzene ring substituents is 1. The van der Waals surface area contributed by atoms with Crippen LogP contribution in [-0.2, 0) is 16.0 Å². The predicted molar refractivity (Wildman–Crippen MR) is 89.5 cm³/mol. The number of likely N-dealkylation sites (N-methyl/N-ethyl adjacent to an activating group) is 1. The number of amides is 2. The van der Waals surface area contributed by atoms with Gasteiger partial charge >= 0.3 is 0 Å². The molecule has 0 aliphatic rings. The molecular formula is C17H16FN3O4. The predicted octanol–water partition coefficient (Wildman–Crippen LogP) is 2.37. The van der Waals surface area contributed by atoms with E-state index < -0.39 is 16.6 Å². The van der Waals surface area contributed by atoms with E-state index in [2.05, 4.69) is 5.32 Å². The fourth-order valence-corrected chi connectivity index (χ4v) is 2.08. The smallest absolute Gasteiger partial charge is 0.269 e. The second-order valence-corrected chi connectivity index (χ2v) is 5.41. The van der Waals surface area contributed by atoms with Crippen LogP contribution in [0, 0.1) is 15.9 Å². The van der Waals surface area contributed by atoms with Gasteiger partial charge in [0, 0.05) is 24.9 Å². The van der Waals surface area contributed by atoms with Crippen LogP contribution in [0.15, 0.2) is 48.5 Å². The van der Waals surface area contributed by atoms with E-state index in [1.54, 1.807) is 0 Å². The first kappa shape index (κ1) is 18.1. The number of nitro groups is 1. The van der Waals surface area contributed by atoms with Gasteiger partial charge in [0.05, 0.1) is 17.9 Å². The van der Waals surface area contributed by atoms with Crippen molar-refractivity contribution < 1.29 is 18.9 Å². The van der Waals surface area contributed by atoms with Crippen LogP contribution >= 0.6 is 0 Å². The lowest BCUT2D eigenvalue weighted by molar-refractivity contribution is -0.384. The molecule has 0 unspecified atom stereocenters. The summed E-state index contributed by atoms with van der Waals surface area (Å²) in [5.74, 6) is -1.12. The van der Waals surface area contributed by atoms with Gasteiger partial charge in [-0.1, -0.05) is 12.1 Å². The van der Waals surface area contributed by atoms with E-state index in [0.29, 0.717) is 11.3 Å². The van der Waals surface area contributed by atoms with Gasteiger partial charge in [-0.3, -0.25) is 19.7 Å². The number of rotatable bonds is 6. The van der Waals surface area contributed by atoms with Crippen LogP contribution < -0.4 is 5.32 Å². The molecule has 0 aliphatic carbocycles. The minimum Gasteiger partial charge on any atom is -0.336 e. The van der Waals surface area contributed by atoms with Gasteiger partial charge in [0.25, 0.3) is 5.69 Å². The maximum absolute atomic E-state index is 12.8. The summed E-state index contributed by atoms with van der Waals surface area (Å²) in [5.41, 5.74) is 0.993. The minimum atomic E-state index is -0.516. The van der Waals surface area contributed by atoms with Gasteiger partial charge in [-0.15, -0.1) is 0 Å². The molecule has 0 heterocycles. The molecule has 0 fully saturated rings. The Morgan fingerprint density at radius 1 is 1.12 bits per heavy atom. The Balaban J connectivity index is 1.87. The van der Waals surface area contributed by atoms with Gasteiger partial charge in [0.2, 0.25) is 11.8 Å². The maximum Gasteiger partial charge on any atom is 0.269 e. The largest absolute Gasteiger partial charge is 0.336 e. The monoisotopic (exact) mass is 345 g/mol. The molecule has 0 bridgehead atoms. The molecule has 0 saturated heterocycles. The number of carbonyl (C=O) groups excluding carboxylic acids is 2. The van der Waals surface area contributed by atoms with Gasteiger partial charge in [0.1, 0.15) is 5.82 Å². The summed E-state index contributed by atoms with van der Waals surface area (Å²) >= 11 is 0. The molecule has 2 aromatic rings. The fourth-order valence-electron chi connectivity index (χ4n) is 2.08. The van der Waals surface area contributed by atoms with Crippen LogP contribution in [-0.4, -0.2) is 35.2 Å². The van der Waals surface area contributed by atoms with E-state index >= 15 is 0 Å². The average molecular weight is 345 g/mol. The van der Waals surface area contributed by atoms with Crippen LogP contribution in [0.2, 0.25) is 0 Å². The summed E-state index contributed by atoms with van der Waals surface area (Å²) in [7, 11) is 1.48. The van der Waals surface area contributed by atoms with Crippen molar-refractivity contribution in [3.63, 3.8) is 0 Å². The second kappa shape index (κ2) is 8.00. The molecule has 0 atom stereocenters. The number of hydrogen-bond donors (Lipinski definition) is 1. The molecule has 0 aliphatic heterocycles. The lowest BCUT2D eigenvalue weighted by atomic mass is 10.1. The Labute approximate surface area is 143 Å². The van der Waals surface area contributed by atoms with E-state index in [9.17, 15) is 24.1 Å². The number of non-ortho nitro benzene ring substituents is 1. The second-order valence-electron chi connectivity index (χ2n) is 5.41. The number of carbonyl (C=O) groups is 2. The highest BCUT2D eigenvalue weighted by Crippen LogP contribution is 2.13. The Morgan fingerprint density at radius 3 is 2.28 bits per heavy atom. The van der Waals surface area contributed by atoms with Gasteiger partial charge in [0.15, 0.2) is 0 Å². The number of nitrogens with zero attached hydrogens (tertiary/aromatic N) is 2. The molecule has 0 aromatic heterocycles. The van der Waals surface area contributed by atoms with Crippen molar-refractivity contribution >= 4 is 23.2 Å². The molecule has 7 nitrogen and oxygen atoms in total. The van der Waals surface area contributed by atoms with Crippen LogP contribution in [0.1, 0.15) is 5.56 Å². The standard InChI is InChI=1S/C17H16FN3O4/c1-20(11-16(22)19-14-6-4-13(18)5-7-14)17(23)10-12-2-8-15(9-3-12)21(24)25/h2-9H,10-11H2,1H3,(H,19,22). The molecule has 25 heavy (non-hydrogen) atoms. The minimum absolute atomic E-state index is 0.0261. The summed E-state index contributed by atoms with van der Waals surface area (Å²) in [4.78, 5) is 35.4. The van der Waals surface area contributed by atoms with E-state index in [-0.39, 0.29) is 24.6 Å². The topological polar surface area (TPSA) is 92.6 Å². The Hall–Kier alpha value is -3.29. The molecule has 0 spiro atoms. The van der Waals surface area contributed by atoms with Crippen molar-refractivity contribution in [3.05, 3.63) is 70.0 Å². The zero-order chi connectivity index (χ0) is 18.4. The highest BCUT2D eigenvalue weighted by atomic mass is 19.1. The van der Waals surface area contributed by atoms with Crippen molar-refractivity contribution in [1.29, 1.82) is 0 Å². The van der Waals surface area contributed by atoms with Crippen LogP contribution in [0.25, 0.3) is 0 Å². The van der Waals surface area contributed by atoms with Crippen molar-refractivity contribution in [3.8, 4) is 0 Å². The Morgan fingerprint density at radius 2 is 1.72 bits per heavy atom. The Bertz CT molecular complexity index is 775. The van der Waals surface area contributed by atoms with E-state index in [0.717, 1.165) is 0 Å². The molecular weight excluding hydrogens is 329 g/mol. The summed E-state index contributed by atoms with van der Waals surface area (Å²) in [5, 5.41) is 13.2. The third-order valence-electron chi connectivity index (χ3n) is 3.44. The molecule has 130 valence electrons. The molecule has 0 saturated carbocycles. The van der Waals surface area contributed by atoms with Crippen LogP contribution in [0.5, 0.6) is 0 Å². The zero-order valence-electron chi connectivity index (χ0n) is 13.4. The van der Waals surface area contributed by atoms with E-state index in [1.165, 1.54) is 60.5 Å². The van der Waals surface area contributed by atoms with E-state index in [1.807, 2.05) is 0 Å². The van der Waals surface area contributed by atoms with Crippen LogP contribution in [0.3, 0.4) is 0 Å². The third-order valence-corrected chi connectivity index (χ3v) is 3.44. The van der Waals surface area contributed by atoms with Gasteiger partial charge in [-0.05, 0) is 29.8 Å². The van der Waals surface area contributed by atoms with E-state index in [4.69, 9.17) is 0 Å². The lowest BCUT2D eigenvalue weighted by Crippen LogP contribution is -2.35. The molecule has 1 N–H and O–H groups in total. The summed E-state index contributed by atoms with van der Waals surface area (Å²) in [6, 6.07) is 10.9. The highest BCUT2D eigenvalue weighted by molar-refractivity contribution is 5.94. The van der Waals surface area contributed by atoms with Crippen molar-refractivity contribution in [2.45, 2.75) is 6.42 Å². The van der Waals surface area contributed by atoms with Gasteiger partial charge < -0.3 is 10.2 Å². The molecule has 2 rings (SSSR count). The van der Waals surface area contributed by atoms with Crippen molar-refractivity contribution in [1.82, 2.24) is 4.90 Å². The van der Waals surface area contributed by atoms with Gasteiger partial charge in [-0.2, -0.15) is 0 Å². The molecule has 2 amide bonds. The van der Waals surface area contributed by atoms with Crippen LogP contribution in [0.4, 0.5) is 15.8 Å².